The molecule has 3 heteroatoms. The van der Waals surface area contributed by atoms with Crippen LogP contribution in [0.5, 0.6) is 0 Å². The van der Waals surface area contributed by atoms with Gasteiger partial charge in [-0.2, -0.15) is 0 Å². The van der Waals surface area contributed by atoms with E-state index in [-0.39, 0.29) is 5.82 Å². The van der Waals surface area contributed by atoms with Crippen molar-refractivity contribution in [1.29, 1.82) is 0 Å². The average molecular weight is 300 g/mol. The predicted molar refractivity (Wildman–Crippen MR) is 91.2 cm³/mol. The molecule has 0 aliphatic carbocycles. The van der Waals surface area contributed by atoms with Crippen LogP contribution in [-0.2, 0) is 6.42 Å². The molecule has 0 saturated heterocycles. The quantitative estimate of drug-likeness (QED) is 0.842. The summed E-state index contributed by atoms with van der Waals surface area (Å²) in [6.07, 6.45) is 0.792. The lowest BCUT2D eigenvalue weighted by Gasteiger charge is -2.20. The Kier molecular flexibility index (Phi) is 5.17. The number of pyridine rings is 1. The second kappa shape index (κ2) is 6.91. The summed E-state index contributed by atoms with van der Waals surface area (Å²) in [5.74, 6) is 1.14. The number of halogens is 1. The van der Waals surface area contributed by atoms with Crippen LogP contribution in [0.1, 0.15) is 54.6 Å². The summed E-state index contributed by atoms with van der Waals surface area (Å²) >= 11 is 0. The largest absolute Gasteiger partial charge is 0.370 e. The molecule has 2 aromatic rings. The van der Waals surface area contributed by atoms with E-state index in [9.17, 15) is 4.39 Å². The van der Waals surface area contributed by atoms with Gasteiger partial charge in [0, 0.05) is 12.2 Å². The van der Waals surface area contributed by atoms with E-state index in [1.807, 2.05) is 12.1 Å². The maximum Gasteiger partial charge on any atom is 0.129 e. The summed E-state index contributed by atoms with van der Waals surface area (Å²) in [5.41, 5.74) is 5.98. The van der Waals surface area contributed by atoms with Crippen LogP contribution < -0.4 is 5.32 Å². The Labute approximate surface area is 132 Å². The number of benzene rings is 1. The van der Waals surface area contributed by atoms with Crippen molar-refractivity contribution in [2.45, 2.75) is 47.0 Å². The molecule has 0 aliphatic rings. The molecule has 1 aromatic heterocycles. The summed E-state index contributed by atoms with van der Waals surface area (Å²) in [6.45, 7) is 11.5. The standard InChI is InChI=1S/C19H25FN2/c1-6-21-19-14(5)13(4)17(18(22-19)12(2)3)11-15-7-9-16(20)10-8-15/h7-10,12H,6,11H2,1-5H3,(H,21,22). The van der Waals surface area contributed by atoms with E-state index in [0.717, 1.165) is 30.0 Å². The minimum absolute atomic E-state index is 0.193. The van der Waals surface area contributed by atoms with Gasteiger partial charge >= 0.3 is 0 Å². The highest BCUT2D eigenvalue weighted by Crippen LogP contribution is 2.29. The first-order chi connectivity index (χ1) is 10.4. The molecule has 118 valence electrons. The zero-order valence-corrected chi connectivity index (χ0v) is 14.1. The molecular formula is C19H25FN2. The van der Waals surface area contributed by atoms with Crippen LogP contribution >= 0.6 is 0 Å². The van der Waals surface area contributed by atoms with Gasteiger partial charge in [0.1, 0.15) is 11.6 Å². The third-order valence-electron chi connectivity index (χ3n) is 4.10. The maximum atomic E-state index is 13.1. The van der Waals surface area contributed by atoms with Crippen molar-refractivity contribution in [3.63, 3.8) is 0 Å². The number of aromatic nitrogens is 1. The number of rotatable bonds is 5. The molecule has 0 fully saturated rings. The molecule has 0 saturated carbocycles. The van der Waals surface area contributed by atoms with Crippen molar-refractivity contribution in [1.82, 2.24) is 4.98 Å². The third kappa shape index (κ3) is 3.46. The van der Waals surface area contributed by atoms with Crippen LogP contribution in [0, 0.1) is 19.7 Å². The third-order valence-corrected chi connectivity index (χ3v) is 4.10. The number of anilines is 1. The smallest absolute Gasteiger partial charge is 0.129 e. The highest BCUT2D eigenvalue weighted by atomic mass is 19.1. The van der Waals surface area contributed by atoms with Crippen LogP contribution in [0.25, 0.3) is 0 Å². The lowest BCUT2D eigenvalue weighted by atomic mass is 9.92. The average Bonchev–Trinajstić information content (AvgIpc) is 2.48. The molecule has 0 radical (unpaired) electrons. The molecule has 2 nitrogen and oxygen atoms in total. The number of hydrogen-bond acceptors (Lipinski definition) is 2. The second-order valence-corrected chi connectivity index (χ2v) is 6.06. The molecular weight excluding hydrogens is 275 g/mol. The van der Waals surface area contributed by atoms with Crippen molar-refractivity contribution >= 4 is 5.82 Å². The number of nitrogens with zero attached hydrogens (tertiary/aromatic N) is 1. The summed E-state index contributed by atoms with van der Waals surface area (Å²) in [7, 11) is 0. The first-order valence-electron chi connectivity index (χ1n) is 7.92. The Morgan fingerprint density at radius 2 is 1.73 bits per heavy atom. The molecule has 1 aromatic carbocycles. The van der Waals surface area contributed by atoms with E-state index in [1.54, 1.807) is 0 Å². The van der Waals surface area contributed by atoms with Crippen molar-refractivity contribution in [3.05, 3.63) is 58.0 Å². The van der Waals surface area contributed by atoms with Gasteiger partial charge in [0.05, 0.1) is 0 Å². The van der Waals surface area contributed by atoms with Gasteiger partial charge in [-0.3, -0.25) is 0 Å². The van der Waals surface area contributed by atoms with E-state index < -0.39 is 0 Å². The van der Waals surface area contributed by atoms with Crippen LogP contribution in [0.3, 0.4) is 0 Å². The Morgan fingerprint density at radius 3 is 2.27 bits per heavy atom. The maximum absolute atomic E-state index is 13.1. The Bertz CT molecular complexity index is 645. The lowest BCUT2D eigenvalue weighted by Crippen LogP contribution is -2.11. The normalized spacial score (nSPS) is 11.0. The fourth-order valence-corrected chi connectivity index (χ4v) is 2.71. The number of hydrogen-bond donors (Lipinski definition) is 1. The van der Waals surface area contributed by atoms with Crippen molar-refractivity contribution in [2.75, 3.05) is 11.9 Å². The van der Waals surface area contributed by atoms with Crippen molar-refractivity contribution in [2.24, 2.45) is 0 Å². The van der Waals surface area contributed by atoms with Crippen molar-refractivity contribution in [3.8, 4) is 0 Å². The SMILES string of the molecule is CCNc1nc(C(C)C)c(Cc2ccc(F)cc2)c(C)c1C. The summed E-state index contributed by atoms with van der Waals surface area (Å²) in [5, 5.41) is 3.35. The first kappa shape index (κ1) is 16.5. The fourth-order valence-electron chi connectivity index (χ4n) is 2.71. The minimum atomic E-state index is -0.193. The molecule has 0 spiro atoms. The van der Waals surface area contributed by atoms with Gasteiger partial charge in [0.15, 0.2) is 0 Å². The van der Waals surface area contributed by atoms with Crippen LogP contribution in [0.4, 0.5) is 10.2 Å². The van der Waals surface area contributed by atoms with Gasteiger partial charge in [0.2, 0.25) is 0 Å². The molecule has 2 rings (SSSR count). The molecule has 0 unspecified atom stereocenters. The Morgan fingerprint density at radius 1 is 1.09 bits per heavy atom. The van der Waals surface area contributed by atoms with Gasteiger partial charge in [-0.25, -0.2) is 9.37 Å². The summed E-state index contributed by atoms with van der Waals surface area (Å²) in [6, 6.07) is 6.75. The molecule has 1 heterocycles. The first-order valence-corrected chi connectivity index (χ1v) is 7.92. The second-order valence-electron chi connectivity index (χ2n) is 6.06. The summed E-state index contributed by atoms with van der Waals surface area (Å²) < 4.78 is 13.1. The van der Waals surface area contributed by atoms with Gasteiger partial charge in [0.25, 0.3) is 0 Å². The molecule has 0 atom stereocenters. The summed E-state index contributed by atoms with van der Waals surface area (Å²) in [4.78, 5) is 4.85. The van der Waals surface area contributed by atoms with E-state index in [4.69, 9.17) is 4.98 Å². The Balaban J connectivity index is 2.48. The molecule has 22 heavy (non-hydrogen) atoms. The molecule has 0 aliphatic heterocycles. The molecule has 0 bridgehead atoms. The monoisotopic (exact) mass is 300 g/mol. The van der Waals surface area contributed by atoms with E-state index in [0.29, 0.717) is 5.92 Å². The Hall–Kier alpha value is -1.90. The zero-order chi connectivity index (χ0) is 16.3. The minimum Gasteiger partial charge on any atom is -0.370 e. The molecule has 0 amide bonds. The van der Waals surface area contributed by atoms with Gasteiger partial charge in [-0.1, -0.05) is 26.0 Å². The van der Waals surface area contributed by atoms with E-state index in [1.165, 1.54) is 28.8 Å². The molecule has 1 N–H and O–H groups in total. The van der Waals surface area contributed by atoms with Crippen LogP contribution in [0.2, 0.25) is 0 Å². The van der Waals surface area contributed by atoms with E-state index in [2.05, 4.69) is 39.9 Å². The topological polar surface area (TPSA) is 24.9 Å². The van der Waals surface area contributed by atoms with Gasteiger partial charge < -0.3 is 5.32 Å². The van der Waals surface area contributed by atoms with Gasteiger partial charge in [-0.15, -0.1) is 0 Å². The zero-order valence-electron chi connectivity index (χ0n) is 14.1. The highest BCUT2D eigenvalue weighted by molar-refractivity contribution is 5.53. The predicted octanol–water partition coefficient (Wildman–Crippen LogP) is 4.98. The number of nitrogens with one attached hydrogen (secondary N) is 1. The van der Waals surface area contributed by atoms with E-state index >= 15 is 0 Å². The van der Waals surface area contributed by atoms with Gasteiger partial charge in [-0.05, 0) is 67.5 Å². The fraction of sp³-hybridized carbons (Fsp3) is 0.421. The van der Waals surface area contributed by atoms with Crippen LogP contribution in [-0.4, -0.2) is 11.5 Å². The lowest BCUT2D eigenvalue weighted by molar-refractivity contribution is 0.627. The highest BCUT2D eigenvalue weighted by Gasteiger charge is 2.16. The van der Waals surface area contributed by atoms with Crippen LogP contribution in [0.15, 0.2) is 24.3 Å². The van der Waals surface area contributed by atoms with Crippen molar-refractivity contribution < 1.29 is 4.39 Å².